The SMILES string of the molecule is [Mo].[Mo].[S-][S-].[S-][S-].[SH2+][SH2+].[SH2+][SH2+].[SH2+][SH2+].[SH2+][SH2+]. The van der Waals surface area contributed by atoms with Crippen LogP contribution in [0.15, 0.2) is 0 Å². The van der Waals surface area contributed by atoms with E-state index in [-0.39, 0.29) is 42.1 Å². The minimum Gasteiger partial charge on any atom is -1.00 e. The van der Waals surface area contributed by atoms with Gasteiger partial charge in [-0.15, -0.1) is 0 Å². The van der Waals surface area contributed by atoms with Crippen molar-refractivity contribution < 1.29 is 42.1 Å². The van der Waals surface area contributed by atoms with Crippen LogP contribution in [-0.4, -0.2) is 0 Å². The van der Waals surface area contributed by atoms with Crippen LogP contribution in [0.5, 0.6) is 0 Å². The molecule has 0 aliphatic carbocycles. The summed E-state index contributed by atoms with van der Waals surface area (Å²) in [6.45, 7) is 0. The van der Waals surface area contributed by atoms with Crippen LogP contribution >= 0.6 is 0 Å². The number of hydrogen-bond acceptors (Lipinski definition) is 4. The van der Waals surface area contributed by atoms with Gasteiger partial charge in [0.2, 0.25) is 0 Å². The van der Waals surface area contributed by atoms with Crippen molar-refractivity contribution in [3.63, 3.8) is 0 Å². The van der Waals surface area contributed by atoms with E-state index in [1.54, 1.807) is 0 Å². The minimum absolute atomic E-state index is 0. The summed E-state index contributed by atoms with van der Waals surface area (Å²) in [5.41, 5.74) is 0. The topological polar surface area (TPSA) is 0 Å². The summed E-state index contributed by atoms with van der Waals surface area (Å²) in [4.78, 5) is 0. The van der Waals surface area contributed by atoms with Crippen molar-refractivity contribution in [2.24, 2.45) is 0 Å². The second-order valence-corrected chi connectivity index (χ2v) is 0. The van der Waals surface area contributed by atoms with Crippen LogP contribution in [0, 0.1) is 0 Å². The van der Waals surface area contributed by atoms with E-state index in [1.807, 2.05) is 0 Å². The Labute approximate surface area is 178 Å². The van der Waals surface area contributed by atoms with E-state index in [0.29, 0.717) is 0 Å². The molecule has 0 N–H and O–H groups in total. The van der Waals surface area contributed by atoms with Gasteiger partial charge in [-0.2, -0.15) is 0 Å². The summed E-state index contributed by atoms with van der Waals surface area (Å²) >= 11 is 36.9. The van der Waals surface area contributed by atoms with Gasteiger partial charge in [0, 0.05) is 42.1 Å². The summed E-state index contributed by atoms with van der Waals surface area (Å²) in [5, 5.41) is 0. The Morgan fingerprint density at radius 3 is 0.357 bits per heavy atom. The zero-order chi connectivity index (χ0) is 12.0. The molecular formula is H16Mo2S12+4. The van der Waals surface area contributed by atoms with E-state index in [0.717, 1.165) is 0 Å². The van der Waals surface area contributed by atoms with E-state index in [9.17, 15) is 0 Å². The standard InChI is InChI=1S/2Mo.4H4S2.2S2/c;;6*1-2/h;;4*1-2H2;;/q;;4*+2;2*-2. The van der Waals surface area contributed by atoms with E-state index >= 15 is 0 Å². The van der Waals surface area contributed by atoms with Crippen molar-refractivity contribution in [3.8, 4) is 0 Å². The van der Waals surface area contributed by atoms with E-state index < -0.39 is 0 Å². The minimum atomic E-state index is 0. The maximum atomic E-state index is 3.67. The molecule has 0 heterocycles. The maximum absolute atomic E-state index is 3.67. The maximum Gasteiger partial charge on any atom is 0.163 e. The fraction of sp³-hybridized carbons (Fsp3) is 0. The molecule has 0 saturated heterocycles. The van der Waals surface area contributed by atoms with Crippen molar-refractivity contribution in [1.29, 1.82) is 0 Å². The van der Waals surface area contributed by atoms with Crippen molar-refractivity contribution in [2.45, 2.75) is 0 Å². The van der Waals surface area contributed by atoms with Gasteiger partial charge in [0.15, 0.2) is 93.3 Å². The average Bonchev–Trinajstić information content (AvgIpc) is 2.33. The molecule has 0 amide bonds. The molecule has 0 spiro atoms. The van der Waals surface area contributed by atoms with Crippen LogP contribution in [0.25, 0.3) is 0 Å². The van der Waals surface area contributed by atoms with Crippen LogP contribution in [-0.2, 0) is 182 Å². The normalized spacial score (nSPS) is 2.57. The quantitative estimate of drug-likeness (QED) is 0.121. The fourth-order valence-corrected chi connectivity index (χ4v) is 0. The van der Waals surface area contributed by atoms with Crippen molar-refractivity contribution in [1.82, 2.24) is 0 Å². The van der Waals surface area contributed by atoms with Crippen molar-refractivity contribution in [2.75, 3.05) is 0 Å². The molecule has 0 aliphatic heterocycles. The summed E-state index contributed by atoms with van der Waals surface area (Å²) in [6, 6.07) is 0. The van der Waals surface area contributed by atoms with Gasteiger partial charge in [0.25, 0.3) is 0 Å². The zero-order valence-electron chi connectivity index (χ0n) is 6.45. The zero-order valence-corrected chi connectivity index (χ0v) is 21.7. The van der Waals surface area contributed by atoms with Gasteiger partial charge < -0.3 is 46.6 Å². The first-order valence-corrected chi connectivity index (χ1v) is 12.0. The molecule has 0 saturated carbocycles. The predicted octanol–water partition coefficient (Wildman–Crippen LogP) is -4.32. The average molecular weight is 593 g/mol. The Morgan fingerprint density at radius 2 is 0.357 bits per heavy atom. The van der Waals surface area contributed by atoms with Crippen LogP contribution < -0.4 is 0 Å². The summed E-state index contributed by atoms with van der Waals surface area (Å²) in [6.07, 6.45) is 0. The molecule has 0 radical (unpaired) electrons. The third kappa shape index (κ3) is 155. The monoisotopic (exact) mass is 596 g/mol. The molecule has 14 heavy (non-hydrogen) atoms. The van der Waals surface area contributed by atoms with Gasteiger partial charge in [0.1, 0.15) is 0 Å². The van der Waals surface area contributed by atoms with Crippen molar-refractivity contribution >= 4 is 140 Å². The van der Waals surface area contributed by atoms with Gasteiger partial charge in [0.05, 0.1) is 0 Å². The Kier molecular flexibility index (Phi) is 664. The molecule has 0 rings (SSSR count). The fourth-order valence-electron chi connectivity index (χ4n) is 0. The molecule has 0 fully saturated rings. The third-order valence-electron chi connectivity index (χ3n) is 0. The number of rotatable bonds is 0. The van der Waals surface area contributed by atoms with Crippen LogP contribution in [0.2, 0.25) is 0 Å². The smallest absolute Gasteiger partial charge is 0.163 e. The Morgan fingerprint density at radius 1 is 0.357 bits per heavy atom. The third-order valence-corrected chi connectivity index (χ3v) is 0. The molecule has 0 aromatic heterocycles. The van der Waals surface area contributed by atoms with Crippen LogP contribution in [0.3, 0.4) is 0 Å². The first-order chi connectivity index (χ1) is 6.00. The number of hydrogen-bond donors (Lipinski definition) is 0. The van der Waals surface area contributed by atoms with Crippen molar-refractivity contribution in [3.05, 3.63) is 0 Å². The van der Waals surface area contributed by atoms with E-state index in [2.05, 4.69) is 140 Å². The molecular weight excluding hydrogens is 577 g/mol. The van der Waals surface area contributed by atoms with E-state index in [1.165, 1.54) is 0 Å². The Hall–Kier alpha value is 5.58. The molecule has 0 bridgehead atoms. The summed E-state index contributed by atoms with van der Waals surface area (Å²) in [7, 11) is 0. The predicted molar refractivity (Wildman–Crippen MR) is 111 cm³/mol. The molecule has 0 unspecified atom stereocenters. The van der Waals surface area contributed by atoms with Crippen LogP contribution in [0.4, 0.5) is 0 Å². The second kappa shape index (κ2) is 185. The molecule has 14 heteroatoms. The molecule has 0 aliphatic rings. The molecule has 96 valence electrons. The van der Waals surface area contributed by atoms with Gasteiger partial charge in [-0.3, -0.25) is 0 Å². The molecule has 0 nitrogen and oxygen atoms in total. The second-order valence-electron chi connectivity index (χ2n) is 0. The molecule has 0 aromatic carbocycles. The largest absolute Gasteiger partial charge is 1.00 e. The van der Waals surface area contributed by atoms with Gasteiger partial charge in [-0.05, 0) is 0 Å². The summed E-state index contributed by atoms with van der Waals surface area (Å²) in [5.74, 6) is 0. The molecule has 0 aromatic rings. The first-order valence-electron chi connectivity index (χ1n) is 1.33. The van der Waals surface area contributed by atoms with E-state index in [4.69, 9.17) is 0 Å². The summed E-state index contributed by atoms with van der Waals surface area (Å²) < 4.78 is 0. The Balaban J connectivity index is -0.00000000500. The first kappa shape index (κ1) is 50.4. The van der Waals surface area contributed by atoms with Gasteiger partial charge in [-0.1, -0.05) is 0 Å². The van der Waals surface area contributed by atoms with Gasteiger partial charge >= 0.3 is 0 Å². The Bertz CT molecular complexity index is 8.28. The molecule has 0 atom stereocenters. The van der Waals surface area contributed by atoms with Gasteiger partial charge in [-0.25, -0.2) is 0 Å². The van der Waals surface area contributed by atoms with Crippen LogP contribution in [0.1, 0.15) is 0 Å².